The highest BCUT2D eigenvalue weighted by atomic mass is 16.3. The molecule has 1 aromatic carbocycles. The molecule has 0 aromatic heterocycles. The minimum absolute atomic E-state index is 0.278. The summed E-state index contributed by atoms with van der Waals surface area (Å²) in [6.07, 6.45) is 0. The average molecular weight is 261 g/mol. The topological polar surface area (TPSA) is 23.2 Å². The predicted molar refractivity (Wildman–Crippen MR) is 79.9 cm³/mol. The van der Waals surface area contributed by atoms with Gasteiger partial charge in [-0.15, -0.1) is 0 Å². The van der Waals surface area contributed by atoms with Gasteiger partial charge in [-0.2, -0.15) is 0 Å². The van der Waals surface area contributed by atoms with Crippen LogP contribution in [0.1, 0.15) is 40.2 Å². The molecule has 1 saturated heterocycles. The standard InChI is InChI=1S/C17H27NO/c1-12(2)17(19,13(3)4)16-14(5)18(16)11-15-9-7-6-8-10-15/h6-10,12-14,16,19H,11H2,1-5H3/t14-,16+,18?/m1/s1. The molecule has 19 heavy (non-hydrogen) atoms. The van der Waals surface area contributed by atoms with Gasteiger partial charge in [0.15, 0.2) is 0 Å². The first-order chi connectivity index (χ1) is 8.89. The van der Waals surface area contributed by atoms with Crippen LogP contribution in [0.15, 0.2) is 30.3 Å². The predicted octanol–water partition coefficient (Wildman–Crippen LogP) is 3.30. The third-order valence-corrected chi connectivity index (χ3v) is 4.78. The lowest BCUT2D eigenvalue weighted by Crippen LogP contribution is -2.48. The molecule has 1 fully saturated rings. The van der Waals surface area contributed by atoms with Gasteiger partial charge in [0.2, 0.25) is 0 Å². The van der Waals surface area contributed by atoms with Gasteiger partial charge in [0, 0.05) is 12.6 Å². The largest absolute Gasteiger partial charge is 0.388 e. The molecule has 0 spiro atoms. The Bertz CT molecular complexity index is 405. The summed E-state index contributed by atoms with van der Waals surface area (Å²) in [5, 5.41) is 11.1. The fourth-order valence-electron chi connectivity index (χ4n) is 3.45. The highest BCUT2D eigenvalue weighted by Gasteiger charge is 2.58. The smallest absolute Gasteiger partial charge is 0.0862 e. The zero-order chi connectivity index (χ0) is 14.2. The van der Waals surface area contributed by atoms with Crippen LogP contribution in [0.3, 0.4) is 0 Å². The van der Waals surface area contributed by atoms with E-state index in [1.807, 2.05) is 6.07 Å². The van der Waals surface area contributed by atoms with Crippen molar-refractivity contribution in [3.8, 4) is 0 Å². The van der Waals surface area contributed by atoms with Crippen molar-refractivity contribution >= 4 is 0 Å². The maximum atomic E-state index is 11.1. The van der Waals surface area contributed by atoms with Crippen LogP contribution in [-0.4, -0.2) is 27.7 Å². The van der Waals surface area contributed by atoms with Crippen LogP contribution < -0.4 is 0 Å². The summed E-state index contributed by atoms with van der Waals surface area (Å²) < 4.78 is 0. The maximum absolute atomic E-state index is 11.1. The maximum Gasteiger partial charge on any atom is 0.0862 e. The fraction of sp³-hybridized carbons (Fsp3) is 0.647. The Hall–Kier alpha value is -0.860. The molecule has 2 nitrogen and oxygen atoms in total. The van der Waals surface area contributed by atoms with E-state index in [2.05, 4.69) is 63.8 Å². The molecule has 2 heteroatoms. The zero-order valence-corrected chi connectivity index (χ0v) is 12.8. The Kier molecular flexibility index (Phi) is 4.03. The van der Waals surface area contributed by atoms with E-state index >= 15 is 0 Å². The molecule has 1 heterocycles. The van der Waals surface area contributed by atoms with Crippen molar-refractivity contribution in [2.45, 2.75) is 58.8 Å². The van der Waals surface area contributed by atoms with Gasteiger partial charge in [0.25, 0.3) is 0 Å². The van der Waals surface area contributed by atoms with E-state index in [1.54, 1.807) is 0 Å². The van der Waals surface area contributed by atoms with Crippen LogP contribution >= 0.6 is 0 Å². The van der Waals surface area contributed by atoms with Crippen LogP contribution in [0.4, 0.5) is 0 Å². The summed E-state index contributed by atoms with van der Waals surface area (Å²) in [4.78, 5) is 2.41. The molecular formula is C17H27NO. The molecule has 0 radical (unpaired) electrons. The van der Waals surface area contributed by atoms with E-state index in [-0.39, 0.29) is 17.9 Å². The third-order valence-electron chi connectivity index (χ3n) is 4.78. The summed E-state index contributed by atoms with van der Waals surface area (Å²) in [5.74, 6) is 0.557. The second-order valence-corrected chi connectivity index (χ2v) is 6.54. The van der Waals surface area contributed by atoms with E-state index in [4.69, 9.17) is 0 Å². The molecule has 0 aliphatic carbocycles. The molecule has 1 unspecified atom stereocenters. The van der Waals surface area contributed by atoms with Gasteiger partial charge in [-0.1, -0.05) is 58.0 Å². The molecular weight excluding hydrogens is 234 g/mol. The van der Waals surface area contributed by atoms with Crippen molar-refractivity contribution < 1.29 is 5.11 Å². The van der Waals surface area contributed by atoms with Gasteiger partial charge in [-0.25, -0.2) is 0 Å². The van der Waals surface area contributed by atoms with E-state index in [0.717, 1.165) is 6.54 Å². The second kappa shape index (κ2) is 5.26. The Morgan fingerprint density at radius 3 is 2.11 bits per heavy atom. The zero-order valence-electron chi connectivity index (χ0n) is 12.8. The van der Waals surface area contributed by atoms with Gasteiger partial charge in [0.05, 0.1) is 11.6 Å². The van der Waals surface area contributed by atoms with Crippen LogP contribution in [0.25, 0.3) is 0 Å². The van der Waals surface area contributed by atoms with Crippen LogP contribution in [0.5, 0.6) is 0 Å². The molecule has 1 aromatic rings. The first-order valence-electron chi connectivity index (χ1n) is 7.41. The second-order valence-electron chi connectivity index (χ2n) is 6.54. The molecule has 0 bridgehead atoms. The Labute approximate surface area is 117 Å². The minimum atomic E-state index is -0.589. The number of aliphatic hydroxyl groups is 1. The van der Waals surface area contributed by atoms with Crippen molar-refractivity contribution in [2.24, 2.45) is 11.8 Å². The highest BCUT2D eigenvalue weighted by molar-refractivity contribution is 5.20. The number of rotatable bonds is 5. The lowest BCUT2D eigenvalue weighted by Gasteiger charge is -2.36. The van der Waals surface area contributed by atoms with E-state index in [0.29, 0.717) is 6.04 Å². The number of benzene rings is 1. The highest BCUT2D eigenvalue weighted by Crippen LogP contribution is 2.45. The first kappa shape index (κ1) is 14.5. The van der Waals surface area contributed by atoms with Crippen molar-refractivity contribution in [1.29, 1.82) is 0 Å². The van der Waals surface area contributed by atoms with Crippen molar-refractivity contribution in [1.82, 2.24) is 4.90 Å². The summed E-state index contributed by atoms with van der Waals surface area (Å²) in [6.45, 7) is 11.7. The van der Waals surface area contributed by atoms with Gasteiger partial charge in [-0.05, 0) is 24.3 Å². The monoisotopic (exact) mass is 261 g/mol. The molecule has 0 amide bonds. The first-order valence-corrected chi connectivity index (χ1v) is 7.41. The number of nitrogens with zero attached hydrogens (tertiary/aromatic N) is 1. The molecule has 3 atom stereocenters. The Morgan fingerprint density at radius 1 is 1.11 bits per heavy atom. The van der Waals surface area contributed by atoms with Gasteiger partial charge < -0.3 is 5.11 Å². The van der Waals surface area contributed by atoms with E-state index in [1.165, 1.54) is 5.56 Å². The summed E-state index contributed by atoms with van der Waals surface area (Å²) in [7, 11) is 0. The third kappa shape index (κ3) is 2.56. The summed E-state index contributed by atoms with van der Waals surface area (Å²) in [5.41, 5.74) is 0.737. The van der Waals surface area contributed by atoms with Crippen molar-refractivity contribution in [3.63, 3.8) is 0 Å². The van der Waals surface area contributed by atoms with Gasteiger partial charge >= 0.3 is 0 Å². The van der Waals surface area contributed by atoms with Crippen molar-refractivity contribution in [2.75, 3.05) is 0 Å². The Balaban J connectivity index is 2.11. The molecule has 1 N–H and O–H groups in total. The van der Waals surface area contributed by atoms with Gasteiger partial charge in [-0.3, -0.25) is 4.90 Å². The SMILES string of the molecule is CC(C)C(O)(C(C)C)[C@@H]1[C@@H](C)N1Cc1ccccc1. The molecule has 0 saturated carbocycles. The minimum Gasteiger partial charge on any atom is -0.388 e. The van der Waals surface area contributed by atoms with E-state index < -0.39 is 5.60 Å². The molecule has 106 valence electrons. The molecule has 1 aliphatic heterocycles. The summed E-state index contributed by atoms with van der Waals surface area (Å²) >= 11 is 0. The van der Waals surface area contributed by atoms with Crippen molar-refractivity contribution in [3.05, 3.63) is 35.9 Å². The molecule has 1 aliphatic rings. The summed E-state index contributed by atoms with van der Waals surface area (Å²) in [6, 6.07) is 11.3. The van der Waals surface area contributed by atoms with Gasteiger partial charge in [0.1, 0.15) is 0 Å². The lowest BCUT2D eigenvalue weighted by atomic mass is 9.76. The normalized spacial score (nSPS) is 27.1. The average Bonchev–Trinajstić information content (AvgIpc) is 2.99. The number of hydrogen-bond acceptors (Lipinski definition) is 2. The van der Waals surface area contributed by atoms with Crippen LogP contribution in [0, 0.1) is 11.8 Å². The molecule has 2 rings (SSSR count). The van der Waals surface area contributed by atoms with Crippen LogP contribution in [0.2, 0.25) is 0 Å². The Morgan fingerprint density at radius 2 is 1.63 bits per heavy atom. The fourth-order valence-corrected chi connectivity index (χ4v) is 3.45. The van der Waals surface area contributed by atoms with Crippen LogP contribution in [-0.2, 0) is 6.54 Å². The number of hydrogen-bond donors (Lipinski definition) is 1. The lowest BCUT2D eigenvalue weighted by molar-refractivity contribution is -0.0581. The van der Waals surface area contributed by atoms with E-state index in [9.17, 15) is 5.11 Å². The quantitative estimate of drug-likeness (QED) is 0.822.